The molecule has 6 heteroatoms. The summed E-state index contributed by atoms with van der Waals surface area (Å²) in [6.45, 7) is 3.73. The highest BCUT2D eigenvalue weighted by Crippen LogP contribution is 2.29. The van der Waals surface area contributed by atoms with Gasteiger partial charge in [-0.25, -0.2) is 0 Å². The van der Waals surface area contributed by atoms with Crippen molar-refractivity contribution in [1.82, 2.24) is 9.97 Å². The highest BCUT2D eigenvalue weighted by molar-refractivity contribution is 9.10. The van der Waals surface area contributed by atoms with Gasteiger partial charge in [0.15, 0.2) is 0 Å². The standard InChI is InChI=1S/C15H17BrN2O3/c1-4-15(2,21-3)14-17-12(19)11(13(20)18-14)9-5-7-10(16)8-6-9/h5-8H,4H2,1-3H3,(H2,17,18,19,20). The average Bonchev–Trinajstić information content (AvgIpc) is 2.47. The zero-order chi connectivity index (χ0) is 15.6. The fraction of sp³-hybridized carbons (Fsp3) is 0.333. The maximum atomic E-state index is 12.3. The molecule has 2 rings (SSSR count). The second-order valence-corrected chi connectivity index (χ2v) is 5.82. The van der Waals surface area contributed by atoms with E-state index in [1.54, 1.807) is 31.4 Å². The quantitative estimate of drug-likeness (QED) is 0.885. The van der Waals surface area contributed by atoms with Crippen LogP contribution in [-0.4, -0.2) is 22.2 Å². The monoisotopic (exact) mass is 352 g/mol. The Balaban J connectivity index is 2.57. The molecule has 112 valence electrons. The number of methoxy groups -OCH3 is 1. The maximum Gasteiger partial charge on any atom is 0.262 e. The minimum absolute atomic E-state index is 0.154. The number of rotatable bonds is 4. The van der Waals surface area contributed by atoms with E-state index in [-0.39, 0.29) is 11.4 Å². The summed E-state index contributed by atoms with van der Waals surface area (Å²) in [7, 11) is 1.54. The fourth-order valence-corrected chi connectivity index (χ4v) is 2.26. The third kappa shape index (κ3) is 3.01. The summed E-state index contributed by atoms with van der Waals surface area (Å²) in [5, 5.41) is 10.2. The second-order valence-electron chi connectivity index (χ2n) is 4.91. The van der Waals surface area contributed by atoms with Crippen LogP contribution in [0.3, 0.4) is 0 Å². The summed E-state index contributed by atoms with van der Waals surface area (Å²) in [5.41, 5.74) is -0.376. The zero-order valence-electron chi connectivity index (χ0n) is 12.1. The van der Waals surface area contributed by atoms with E-state index in [4.69, 9.17) is 4.74 Å². The van der Waals surface area contributed by atoms with E-state index in [1.165, 1.54) is 0 Å². The van der Waals surface area contributed by atoms with E-state index in [2.05, 4.69) is 25.9 Å². The Labute approximate surface area is 131 Å². The number of ether oxygens (including phenoxy) is 1. The number of halogens is 1. The lowest BCUT2D eigenvalue weighted by atomic mass is 10.0. The second kappa shape index (κ2) is 5.99. The van der Waals surface area contributed by atoms with Gasteiger partial charge in [0.05, 0.1) is 0 Å². The summed E-state index contributed by atoms with van der Waals surface area (Å²) < 4.78 is 6.29. The fourth-order valence-electron chi connectivity index (χ4n) is 2.00. The van der Waals surface area contributed by atoms with Crippen molar-refractivity contribution in [3.05, 3.63) is 44.9 Å². The number of benzene rings is 1. The highest BCUT2D eigenvalue weighted by atomic mass is 79.9. The van der Waals surface area contributed by atoms with Gasteiger partial charge in [0.25, 0.3) is 5.56 Å². The van der Waals surface area contributed by atoms with Crippen molar-refractivity contribution in [1.29, 1.82) is 0 Å². The van der Waals surface area contributed by atoms with Gasteiger partial charge in [0.1, 0.15) is 17.0 Å². The third-order valence-corrected chi connectivity index (χ3v) is 4.19. The topological polar surface area (TPSA) is 75.2 Å². The number of aromatic amines is 1. The molecule has 0 amide bonds. The van der Waals surface area contributed by atoms with Crippen LogP contribution < -0.4 is 5.56 Å². The van der Waals surface area contributed by atoms with Crippen molar-refractivity contribution >= 4 is 15.9 Å². The van der Waals surface area contributed by atoms with Crippen molar-refractivity contribution in [2.75, 3.05) is 7.11 Å². The molecule has 0 aliphatic carbocycles. The van der Waals surface area contributed by atoms with Crippen LogP contribution >= 0.6 is 15.9 Å². The predicted molar refractivity (Wildman–Crippen MR) is 84.3 cm³/mol. The van der Waals surface area contributed by atoms with Crippen LogP contribution in [0.4, 0.5) is 0 Å². The molecule has 1 atom stereocenters. The lowest BCUT2D eigenvalue weighted by molar-refractivity contribution is -0.00956. The summed E-state index contributed by atoms with van der Waals surface area (Å²) in [4.78, 5) is 19.1. The molecular weight excluding hydrogens is 336 g/mol. The molecule has 0 aliphatic heterocycles. The summed E-state index contributed by atoms with van der Waals surface area (Å²) in [6, 6.07) is 7.08. The van der Waals surface area contributed by atoms with Gasteiger partial charge < -0.3 is 14.8 Å². The first kappa shape index (κ1) is 15.7. The third-order valence-electron chi connectivity index (χ3n) is 3.66. The molecule has 1 heterocycles. The number of hydrogen-bond donors (Lipinski definition) is 2. The number of hydrogen-bond acceptors (Lipinski definition) is 4. The van der Waals surface area contributed by atoms with Crippen LogP contribution in [0.2, 0.25) is 0 Å². The van der Waals surface area contributed by atoms with E-state index in [0.29, 0.717) is 17.8 Å². The van der Waals surface area contributed by atoms with Crippen molar-refractivity contribution in [3.63, 3.8) is 0 Å². The lowest BCUT2D eigenvalue weighted by Gasteiger charge is -2.25. The van der Waals surface area contributed by atoms with Crippen molar-refractivity contribution in [2.45, 2.75) is 25.9 Å². The molecule has 1 unspecified atom stereocenters. The molecule has 0 saturated heterocycles. The van der Waals surface area contributed by atoms with Gasteiger partial charge >= 0.3 is 0 Å². The van der Waals surface area contributed by atoms with Crippen molar-refractivity contribution < 1.29 is 9.84 Å². The smallest absolute Gasteiger partial charge is 0.262 e. The molecule has 2 aromatic rings. The summed E-state index contributed by atoms with van der Waals surface area (Å²) >= 11 is 3.33. The summed E-state index contributed by atoms with van der Waals surface area (Å²) in [5.74, 6) is 0.0173. The number of nitrogens with zero attached hydrogens (tertiary/aromatic N) is 1. The Morgan fingerprint density at radius 2 is 2.00 bits per heavy atom. The molecule has 0 spiro atoms. The molecular formula is C15H17BrN2O3. The Bertz CT molecular complexity index is 691. The zero-order valence-corrected chi connectivity index (χ0v) is 13.7. The molecule has 0 bridgehead atoms. The molecule has 2 N–H and O–H groups in total. The number of aromatic nitrogens is 2. The molecule has 0 fully saturated rings. The average molecular weight is 353 g/mol. The van der Waals surface area contributed by atoms with E-state index < -0.39 is 11.2 Å². The maximum absolute atomic E-state index is 12.3. The van der Waals surface area contributed by atoms with Gasteiger partial charge in [0.2, 0.25) is 5.88 Å². The van der Waals surface area contributed by atoms with Crippen molar-refractivity contribution in [2.24, 2.45) is 0 Å². The number of nitrogens with one attached hydrogen (secondary N) is 1. The van der Waals surface area contributed by atoms with Gasteiger partial charge in [0, 0.05) is 11.6 Å². The van der Waals surface area contributed by atoms with E-state index in [0.717, 1.165) is 4.47 Å². The lowest BCUT2D eigenvalue weighted by Crippen LogP contribution is -2.29. The molecule has 0 saturated carbocycles. The van der Waals surface area contributed by atoms with E-state index in [1.807, 2.05) is 13.8 Å². The Kier molecular flexibility index (Phi) is 4.49. The van der Waals surface area contributed by atoms with E-state index in [9.17, 15) is 9.90 Å². The van der Waals surface area contributed by atoms with Gasteiger partial charge in [-0.05, 0) is 31.0 Å². The molecule has 1 aromatic heterocycles. The SMILES string of the molecule is CCC(C)(OC)c1nc(O)c(-c2ccc(Br)cc2)c(=O)[nH]1. The first-order valence-corrected chi connectivity index (χ1v) is 7.35. The molecule has 0 radical (unpaired) electrons. The first-order chi connectivity index (χ1) is 9.91. The van der Waals surface area contributed by atoms with Gasteiger partial charge in [-0.15, -0.1) is 0 Å². The molecule has 1 aromatic carbocycles. The normalized spacial score (nSPS) is 13.9. The van der Waals surface area contributed by atoms with Crippen LogP contribution in [0.5, 0.6) is 5.88 Å². The Morgan fingerprint density at radius 1 is 1.38 bits per heavy atom. The van der Waals surface area contributed by atoms with Crippen LogP contribution in [0, 0.1) is 0 Å². The Hall–Kier alpha value is -1.66. The van der Waals surface area contributed by atoms with Crippen LogP contribution in [0.1, 0.15) is 26.1 Å². The number of H-pyrrole nitrogens is 1. The van der Waals surface area contributed by atoms with Crippen LogP contribution in [0.25, 0.3) is 11.1 Å². The van der Waals surface area contributed by atoms with Gasteiger partial charge in [-0.2, -0.15) is 4.98 Å². The largest absolute Gasteiger partial charge is 0.493 e. The number of aromatic hydroxyl groups is 1. The first-order valence-electron chi connectivity index (χ1n) is 6.56. The van der Waals surface area contributed by atoms with E-state index >= 15 is 0 Å². The predicted octanol–water partition coefficient (Wildman–Crippen LogP) is 3.18. The minimum Gasteiger partial charge on any atom is -0.493 e. The van der Waals surface area contributed by atoms with Crippen LogP contribution in [-0.2, 0) is 10.3 Å². The van der Waals surface area contributed by atoms with Gasteiger partial charge in [-0.1, -0.05) is 35.0 Å². The van der Waals surface area contributed by atoms with Crippen LogP contribution in [0.15, 0.2) is 33.5 Å². The minimum atomic E-state index is -0.741. The molecule has 0 aliphatic rings. The molecule has 5 nitrogen and oxygen atoms in total. The Morgan fingerprint density at radius 3 is 2.48 bits per heavy atom. The van der Waals surface area contributed by atoms with Gasteiger partial charge in [-0.3, -0.25) is 4.79 Å². The molecule has 21 heavy (non-hydrogen) atoms. The van der Waals surface area contributed by atoms with Crippen molar-refractivity contribution in [3.8, 4) is 17.0 Å². The summed E-state index contributed by atoms with van der Waals surface area (Å²) in [6.07, 6.45) is 0.615. The highest BCUT2D eigenvalue weighted by Gasteiger charge is 2.28.